The largest absolute Gasteiger partial charge is 0.489 e. The summed E-state index contributed by atoms with van der Waals surface area (Å²) >= 11 is 0. The fourth-order valence-corrected chi connectivity index (χ4v) is 3.97. The van der Waals surface area contributed by atoms with E-state index in [0.29, 0.717) is 39.1 Å². The second kappa shape index (κ2) is 9.40. The van der Waals surface area contributed by atoms with Crippen molar-refractivity contribution in [3.05, 3.63) is 94.3 Å². The van der Waals surface area contributed by atoms with Gasteiger partial charge in [0.15, 0.2) is 5.43 Å². The molecule has 4 aromatic rings. The Morgan fingerprint density at radius 1 is 1.03 bits per heavy atom. The van der Waals surface area contributed by atoms with E-state index in [9.17, 15) is 18.0 Å². The molecule has 0 amide bonds. The maximum atomic E-state index is 13.0. The highest BCUT2D eigenvalue weighted by atomic mass is 32.2. The molecule has 3 aromatic carbocycles. The third-order valence-corrected chi connectivity index (χ3v) is 5.61. The number of nitrogens with one attached hydrogen (secondary N) is 1. The van der Waals surface area contributed by atoms with E-state index in [1.54, 1.807) is 60.7 Å². The van der Waals surface area contributed by atoms with Crippen molar-refractivity contribution in [3.8, 4) is 16.9 Å². The number of sulfonamides is 1. The molecule has 8 nitrogen and oxygen atoms in total. The lowest BCUT2D eigenvalue weighted by molar-refractivity contribution is 0.0600. The number of hydrogen-bond donors (Lipinski definition) is 1. The lowest BCUT2D eigenvalue weighted by Crippen LogP contribution is -2.09. The molecule has 0 fully saturated rings. The second-order valence-electron chi connectivity index (χ2n) is 7.57. The summed E-state index contributed by atoms with van der Waals surface area (Å²) in [5.41, 5.74) is 2.71. The van der Waals surface area contributed by atoms with Crippen LogP contribution >= 0.6 is 0 Å². The lowest BCUT2D eigenvalue weighted by Gasteiger charge is -2.09. The van der Waals surface area contributed by atoms with Gasteiger partial charge in [0.25, 0.3) is 0 Å². The summed E-state index contributed by atoms with van der Waals surface area (Å²) in [5, 5.41) is 0.385. The molecular weight excluding hydrogens is 458 g/mol. The number of carbonyl (C=O) groups is 1. The Balaban J connectivity index is 1.54. The molecule has 0 aliphatic carbocycles. The minimum atomic E-state index is -3.39. The topological polar surface area (TPSA) is 112 Å². The molecule has 0 spiro atoms. The molecule has 0 aliphatic heterocycles. The average molecular weight is 480 g/mol. The van der Waals surface area contributed by atoms with Crippen LogP contribution in [0, 0.1) is 0 Å². The first-order valence-electron chi connectivity index (χ1n) is 10.2. The van der Waals surface area contributed by atoms with Gasteiger partial charge in [0.05, 0.1) is 29.9 Å². The van der Waals surface area contributed by atoms with Crippen LogP contribution in [0.2, 0.25) is 0 Å². The van der Waals surface area contributed by atoms with Crippen LogP contribution in [0.25, 0.3) is 22.1 Å². The quantitative estimate of drug-likeness (QED) is 0.396. The maximum Gasteiger partial charge on any atom is 0.337 e. The van der Waals surface area contributed by atoms with Crippen LogP contribution in [0.1, 0.15) is 15.9 Å². The van der Waals surface area contributed by atoms with Crippen molar-refractivity contribution in [2.45, 2.75) is 6.61 Å². The number of rotatable bonds is 7. The molecule has 4 rings (SSSR count). The molecule has 0 atom stereocenters. The first kappa shape index (κ1) is 23.1. The fourth-order valence-electron chi connectivity index (χ4n) is 3.40. The maximum absolute atomic E-state index is 13.0. The van der Waals surface area contributed by atoms with E-state index in [-0.39, 0.29) is 12.0 Å². The molecule has 0 saturated heterocycles. The van der Waals surface area contributed by atoms with Gasteiger partial charge in [0.2, 0.25) is 10.0 Å². The van der Waals surface area contributed by atoms with Gasteiger partial charge < -0.3 is 13.9 Å². The van der Waals surface area contributed by atoms with Gasteiger partial charge in [-0.25, -0.2) is 13.2 Å². The molecule has 0 bridgehead atoms. The lowest BCUT2D eigenvalue weighted by atomic mass is 10.1. The van der Waals surface area contributed by atoms with E-state index in [0.717, 1.165) is 11.8 Å². The van der Waals surface area contributed by atoms with Crippen LogP contribution in [0.15, 0.2) is 82.2 Å². The average Bonchev–Trinajstić information content (AvgIpc) is 2.82. The molecule has 174 valence electrons. The Kier molecular flexibility index (Phi) is 6.38. The molecule has 9 heteroatoms. The van der Waals surface area contributed by atoms with Crippen molar-refractivity contribution in [1.29, 1.82) is 0 Å². The summed E-state index contributed by atoms with van der Waals surface area (Å²) in [6, 6.07) is 18.3. The van der Waals surface area contributed by atoms with Gasteiger partial charge in [-0.15, -0.1) is 0 Å². The molecule has 1 aromatic heterocycles. The number of ether oxygens (including phenoxy) is 2. The molecule has 1 N–H and O–H groups in total. The van der Waals surface area contributed by atoms with Gasteiger partial charge >= 0.3 is 5.97 Å². The molecule has 0 saturated carbocycles. The fraction of sp³-hybridized carbons (Fsp3) is 0.120. The van der Waals surface area contributed by atoms with E-state index in [1.165, 1.54) is 13.4 Å². The van der Waals surface area contributed by atoms with Gasteiger partial charge in [-0.1, -0.05) is 24.3 Å². The van der Waals surface area contributed by atoms with Crippen LogP contribution in [0.3, 0.4) is 0 Å². The monoisotopic (exact) mass is 479 g/mol. The summed E-state index contributed by atoms with van der Waals surface area (Å²) in [5.74, 6) is 0.0782. The van der Waals surface area contributed by atoms with Crippen molar-refractivity contribution in [2.75, 3.05) is 18.1 Å². The predicted molar refractivity (Wildman–Crippen MR) is 128 cm³/mol. The minimum absolute atomic E-state index is 0.215. The van der Waals surface area contributed by atoms with Crippen molar-refractivity contribution in [2.24, 2.45) is 0 Å². The van der Waals surface area contributed by atoms with Crippen LogP contribution in [0.4, 0.5) is 5.69 Å². The zero-order chi connectivity index (χ0) is 24.3. The summed E-state index contributed by atoms with van der Waals surface area (Å²) in [4.78, 5) is 24.7. The molecule has 0 unspecified atom stereocenters. The summed E-state index contributed by atoms with van der Waals surface area (Å²) in [7, 11) is -2.06. The Morgan fingerprint density at radius 3 is 2.50 bits per heavy atom. The highest BCUT2D eigenvalue weighted by Crippen LogP contribution is 2.25. The van der Waals surface area contributed by atoms with E-state index in [2.05, 4.69) is 4.72 Å². The first-order chi connectivity index (χ1) is 16.2. The number of esters is 1. The summed E-state index contributed by atoms with van der Waals surface area (Å²) in [6.45, 7) is 0.215. The number of methoxy groups -OCH3 is 1. The highest BCUT2D eigenvalue weighted by Gasteiger charge is 2.12. The molecule has 34 heavy (non-hydrogen) atoms. The number of benzene rings is 3. The van der Waals surface area contributed by atoms with Crippen LogP contribution in [0.5, 0.6) is 5.75 Å². The van der Waals surface area contributed by atoms with Crippen molar-refractivity contribution >= 4 is 32.6 Å². The van der Waals surface area contributed by atoms with Crippen LogP contribution in [-0.2, 0) is 21.4 Å². The standard InChI is InChI=1S/C25H21NO7S/c1-31-25(28)18-5-3-4-16(12-18)14-32-20-10-11-21-23(13-20)33-15-22(24(21)27)17-6-8-19(9-7-17)26-34(2,29)30/h3-13,15,26H,14H2,1-2H3. The summed E-state index contributed by atoms with van der Waals surface area (Å²) in [6.07, 6.45) is 2.43. The van der Waals surface area contributed by atoms with E-state index in [4.69, 9.17) is 13.9 Å². The second-order valence-corrected chi connectivity index (χ2v) is 9.32. The van der Waals surface area contributed by atoms with E-state index < -0.39 is 16.0 Å². The summed E-state index contributed by atoms with van der Waals surface area (Å²) < 4.78 is 41.3. The zero-order valence-electron chi connectivity index (χ0n) is 18.4. The highest BCUT2D eigenvalue weighted by molar-refractivity contribution is 7.92. The molecular formula is C25H21NO7S. The van der Waals surface area contributed by atoms with Gasteiger partial charge in [-0.05, 0) is 47.5 Å². The molecule has 0 aliphatic rings. The Hall–Kier alpha value is -4.11. The number of carbonyl (C=O) groups excluding carboxylic acids is 1. The third kappa shape index (κ3) is 5.26. The van der Waals surface area contributed by atoms with Gasteiger partial charge in [-0.2, -0.15) is 0 Å². The Labute approximate surface area is 195 Å². The van der Waals surface area contributed by atoms with Crippen molar-refractivity contribution < 1.29 is 27.1 Å². The van der Waals surface area contributed by atoms with Gasteiger partial charge in [0, 0.05) is 11.8 Å². The molecule has 0 radical (unpaired) electrons. The zero-order valence-corrected chi connectivity index (χ0v) is 19.2. The first-order valence-corrected chi connectivity index (χ1v) is 12.1. The Morgan fingerprint density at radius 2 is 1.79 bits per heavy atom. The Bertz CT molecular complexity index is 1520. The molecule has 1 heterocycles. The minimum Gasteiger partial charge on any atom is -0.489 e. The smallest absolute Gasteiger partial charge is 0.337 e. The normalized spacial score (nSPS) is 11.2. The third-order valence-electron chi connectivity index (χ3n) is 5.00. The number of fused-ring (bicyclic) bond motifs is 1. The SMILES string of the molecule is COC(=O)c1cccc(COc2ccc3c(=O)c(-c4ccc(NS(C)(=O)=O)cc4)coc3c2)c1. The van der Waals surface area contributed by atoms with E-state index >= 15 is 0 Å². The van der Waals surface area contributed by atoms with Gasteiger partial charge in [0.1, 0.15) is 24.2 Å². The van der Waals surface area contributed by atoms with Crippen LogP contribution < -0.4 is 14.9 Å². The van der Waals surface area contributed by atoms with E-state index in [1.807, 2.05) is 6.07 Å². The van der Waals surface area contributed by atoms with Crippen molar-refractivity contribution in [1.82, 2.24) is 0 Å². The predicted octanol–water partition coefficient (Wildman–Crippen LogP) is 4.20. The number of anilines is 1. The van der Waals surface area contributed by atoms with Crippen molar-refractivity contribution in [3.63, 3.8) is 0 Å². The number of hydrogen-bond acceptors (Lipinski definition) is 7. The van der Waals surface area contributed by atoms with Crippen LogP contribution in [-0.4, -0.2) is 27.8 Å². The van der Waals surface area contributed by atoms with Gasteiger partial charge in [-0.3, -0.25) is 9.52 Å².